The van der Waals surface area contributed by atoms with Gasteiger partial charge in [-0.25, -0.2) is 0 Å². The van der Waals surface area contributed by atoms with Gasteiger partial charge in [0.25, 0.3) is 5.69 Å². The van der Waals surface area contributed by atoms with Gasteiger partial charge in [-0.3, -0.25) is 14.9 Å². The number of nitro groups is 1. The topological polar surface area (TPSA) is 69.4 Å². The molecule has 0 heterocycles. The van der Waals surface area contributed by atoms with Gasteiger partial charge >= 0.3 is 5.97 Å². The number of hydrogen-bond acceptors (Lipinski definition) is 4. The second kappa shape index (κ2) is 5.27. The minimum atomic E-state index is -0.620. The molecule has 0 N–H and O–H groups in total. The number of carbonyl (C=O) groups excluding carboxylic acids is 1. The quantitative estimate of drug-likeness (QED) is 0.489. The standard InChI is InChI=1S/C9H7BrClNO4/c1-16-7(13)4-5-2-3-6(10)8(11)9(5)12(14)15/h2-3H,4H2,1H3. The Labute approximate surface area is 105 Å². The number of carbonyl (C=O) groups is 1. The van der Waals surface area contributed by atoms with Crippen molar-refractivity contribution in [2.24, 2.45) is 0 Å². The number of benzene rings is 1. The molecule has 0 radical (unpaired) electrons. The van der Waals surface area contributed by atoms with E-state index in [4.69, 9.17) is 11.6 Å². The van der Waals surface area contributed by atoms with Gasteiger partial charge in [-0.2, -0.15) is 0 Å². The molecule has 0 aliphatic heterocycles. The Bertz CT molecular complexity index is 449. The number of rotatable bonds is 3. The van der Waals surface area contributed by atoms with Crippen molar-refractivity contribution < 1.29 is 14.5 Å². The van der Waals surface area contributed by atoms with Crippen LogP contribution in [-0.2, 0) is 16.0 Å². The summed E-state index contributed by atoms with van der Waals surface area (Å²) in [6, 6.07) is 3.01. The molecule has 5 nitrogen and oxygen atoms in total. The second-order valence-corrected chi connectivity index (χ2v) is 4.11. The first-order chi connectivity index (χ1) is 7.47. The Morgan fingerprint density at radius 2 is 2.25 bits per heavy atom. The fourth-order valence-corrected chi connectivity index (χ4v) is 1.72. The van der Waals surface area contributed by atoms with Crippen molar-refractivity contribution in [1.82, 2.24) is 0 Å². The van der Waals surface area contributed by atoms with Crippen LogP contribution in [0, 0.1) is 10.1 Å². The molecule has 0 spiro atoms. The van der Waals surface area contributed by atoms with E-state index in [1.807, 2.05) is 0 Å². The zero-order valence-electron chi connectivity index (χ0n) is 8.20. The summed E-state index contributed by atoms with van der Waals surface area (Å²) in [5, 5.41) is 10.8. The van der Waals surface area contributed by atoms with Gasteiger partial charge in [0.05, 0.1) is 18.5 Å². The highest BCUT2D eigenvalue weighted by Crippen LogP contribution is 2.35. The summed E-state index contributed by atoms with van der Waals surface area (Å²) in [5.41, 5.74) is -0.0495. The third-order valence-corrected chi connectivity index (χ3v) is 3.17. The van der Waals surface area contributed by atoms with Crippen molar-refractivity contribution in [1.29, 1.82) is 0 Å². The molecule has 0 bridgehead atoms. The van der Waals surface area contributed by atoms with Gasteiger partial charge < -0.3 is 4.74 Å². The van der Waals surface area contributed by atoms with Gasteiger partial charge in [-0.1, -0.05) is 17.7 Å². The molecule has 16 heavy (non-hydrogen) atoms. The van der Waals surface area contributed by atoms with E-state index < -0.39 is 10.9 Å². The van der Waals surface area contributed by atoms with Crippen LogP contribution in [0.1, 0.15) is 5.56 Å². The van der Waals surface area contributed by atoms with Gasteiger partial charge in [-0.05, 0) is 22.0 Å². The molecular formula is C9H7BrClNO4. The fourth-order valence-electron chi connectivity index (χ4n) is 1.15. The van der Waals surface area contributed by atoms with Gasteiger partial charge in [-0.15, -0.1) is 0 Å². The van der Waals surface area contributed by atoms with E-state index >= 15 is 0 Å². The normalized spacial score (nSPS) is 9.94. The minimum Gasteiger partial charge on any atom is -0.469 e. The lowest BCUT2D eigenvalue weighted by Crippen LogP contribution is -2.07. The van der Waals surface area contributed by atoms with E-state index in [0.717, 1.165) is 0 Å². The highest BCUT2D eigenvalue weighted by molar-refractivity contribution is 9.10. The molecule has 7 heteroatoms. The maximum absolute atomic E-state index is 11.1. The monoisotopic (exact) mass is 307 g/mol. The van der Waals surface area contributed by atoms with Gasteiger partial charge in [0.1, 0.15) is 5.02 Å². The van der Waals surface area contributed by atoms with E-state index in [1.54, 1.807) is 6.07 Å². The Morgan fingerprint density at radius 3 is 2.75 bits per heavy atom. The number of ether oxygens (including phenoxy) is 1. The van der Waals surface area contributed by atoms with Crippen LogP contribution in [0.5, 0.6) is 0 Å². The fraction of sp³-hybridized carbons (Fsp3) is 0.222. The average molecular weight is 309 g/mol. The molecule has 0 saturated heterocycles. The zero-order valence-corrected chi connectivity index (χ0v) is 10.5. The van der Waals surface area contributed by atoms with E-state index in [2.05, 4.69) is 20.7 Å². The predicted molar refractivity (Wildman–Crippen MR) is 61.5 cm³/mol. The summed E-state index contributed by atoms with van der Waals surface area (Å²) in [4.78, 5) is 21.2. The molecule has 0 amide bonds. The van der Waals surface area contributed by atoms with Crippen LogP contribution in [-0.4, -0.2) is 18.0 Å². The number of nitrogens with zero attached hydrogens (tertiary/aromatic N) is 1. The average Bonchev–Trinajstić information content (AvgIpc) is 2.23. The van der Waals surface area contributed by atoms with Crippen molar-refractivity contribution in [2.75, 3.05) is 7.11 Å². The van der Waals surface area contributed by atoms with E-state index in [1.165, 1.54) is 13.2 Å². The van der Waals surface area contributed by atoms with Gasteiger partial charge in [0.15, 0.2) is 0 Å². The van der Waals surface area contributed by atoms with Crippen molar-refractivity contribution in [3.8, 4) is 0 Å². The molecule has 0 saturated carbocycles. The molecule has 0 unspecified atom stereocenters. The van der Waals surface area contributed by atoms with E-state index in [0.29, 0.717) is 4.47 Å². The number of hydrogen-bond donors (Lipinski definition) is 0. The smallest absolute Gasteiger partial charge is 0.310 e. The lowest BCUT2D eigenvalue weighted by molar-refractivity contribution is -0.385. The number of nitro benzene ring substituents is 1. The van der Waals surface area contributed by atoms with Crippen molar-refractivity contribution in [3.63, 3.8) is 0 Å². The van der Waals surface area contributed by atoms with E-state index in [-0.39, 0.29) is 22.7 Å². The summed E-state index contributed by atoms with van der Waals surface area (Å²) >= 11 is 8.86. The third kappa shape index (κ3) is 2.70. The van der Waals surface area contributed by atoms with Crippen LogP contribution in [0.2, 0.25) is 5.02 Å². The van der Waals surface area contributed by atoms with Crippen LogP contribution in [0.15, 0.2) is 16.6 Å². The molecule has 0 aromatic heterocycles. The maximum atomic E-state index is 11.1. The van der Waals surface area contributed by atoms with Crippen molar-refractivity contribution >= 4 is 39.2 Å². The van der Waals surface area contributed by atoms with Crippen LogP contribution in [0.25, 0.3) is 0 Å². The van der Waals surface area contributed by atoms with Crippen LogP contribution in [0.3, 0.4) is 0 Å². The molecule has 1 rings (SSSR count). The molecule has 0 aliphatic carbocycles. The Kier molecular flexibility index (Phi) is 4.26. The molecule has 1 aromatic carbocycles. The predicted octanol–water partition coefficient (Wildman–Crippen LogP) is 2.73. The number of halogens is 2. The Balaban J connectivity index is 3.23. The molecule has 0 fully saturated rings. The number of methoxy groups -OCH3 is 1. The SMILES string of the molecule is COC(=O)Cc1ccc(Br)c(Cl)c1[N+](=O)[O-]. The Hall–Kier alpha value is -1.14. The molecular weight excluding hydrogens is 301 g/mol. The first-order valence-corrected chi connectivity index (χ1v) is 5.32. The highest BCUT2D eigenvalue weighted by Gasteiger charge is 2.22. The summed E-state index contributed by atoms with van der Waals surface area (Å²) in [5.74, 6) is -0.554. The maximum Gasteiger partial charge on any atom is 0.310 e. The molecule has 0 atom stereocenters. The lowest BCUT2D eigenvalue weighted by Gasteiger charge is -2.04. The summed E-state index contributed by atoms with van der Waals surface area (Å²) < 4.78 is 4.85. The van der Waals surface area contributed by atoms with Crippen molar-refractivity contribution in [3.05, 3.63) is 37.3 Å². The minimum absolute atomic E-state index is 0.0218. The van der Waals surface area contributed by atoms with E-state index in [9.17, 15) is 14.9 Å². The lowest BCUT2D eigenvalue weighted by atomic mass is 10.1. The summed E-state index contributed by atoms with van der Waals surface area (Å²) in [7, 11) is 1.22. The molecule has 86 valence electrons. The summed E-state index contributed by atoms with van der Waals surface area (Å²) in [6.07, 6.45) is -0.181. The van der Waals surface area contributed by atoms with Crippen LogP contribution in [0.4, 0.5) is 5.69 Å². The van der Waals surface area contributed by atoms with Crippen molar-refractivity contribution in [2.45, 2.75) is 6.42 Å². The second-order valence-electron chi connectivity index (χ2n) is 2.88. The largest absolute Gasteiger partial charge is 0.469 e. The number of esters is 1. The van der Waals surface area contributed by atoms with Crippen LogP contribution < -0.4 is 0 Å². The third-order valence-electron chi connectivity index (χ3n) is 1.90. The first-order valence-electron chi connectivity index (χ1n) is 4.15. The van der Waals surface area contributed by atoms with Gasteiger partial charge in [0, 0.05) is 10.0 Å². The zero-order chi connectivity index (χ0) is 12.3. The molecule has 1 aromatic rings. The van der Waals surface area contributed by atoms with Gasteiger partial charge in [0.2, 0.25) is 0 Å². The summed E-state index contributed by atoms with van der Waals surface area (Å²) in [6.45, 7) is 0. The first kappa shape index (κ1) is 12.9. The highest BCUT2D eigenvalue weighted by atomic mass is 79.9. The molecule has 0 aliphatic rings. The van der Waals surface area contributed by atoms with Crippen LogP contribution >= 0.6 is 27.5 Å². The Morgan fingerprint density at radius 1 is 1.62 bits per heavy atom.